The van der Waals surface area contributed by atoms with Gasteiger partial charge in [-0.05, 0) is 49.9 Å². The van der Waals surface area contributed by atoms with E-state index in [4.69, 9.17) is 15.5 Å². The summed E-state index contributed by atoms with van der Waals surface area (Å²) in [6.45, 7) is -1.05. The number of hydrogen-bond acceptors (Lipinski definition) is 7. The lowest BCUT2D eigenvalue weighted by Gasteiger charge is -2.36. The van der Waals surface area contributed by atoms with Crippen molar-refractivity contribution in [2.45, 2.75) is 56.8 Å². The summed E-state index contributed by atoms with van der Waals surface area (Å²) in [6, 6.07) is 10.8. The van der Waals surface area contributed by atoms with Crippen molar-refractivity contribution in [3.05, 3.63) is 71.8 Å². The fourth-order valence-electron chi connectivity index (χ4n) is 6.47. The van der Waals surface area contributed by atoms with E-state index in [0.29, 0.717) is 23.6 Å². The highest BCUT2D eigenvalue weighted by atomic mass is 19.3. The first kappa shape index (κ1) is 22.7. The molecule has 0 radical (unpaired) electrons. The van der Waals surface area contributed by atoms with Crippen LogP contribution in [0, 0.1) is 6.92 Å². The van der Waals surface area contributed by atoms with E-state index in [-0.39, 0.29) is 17.8 Å². The fourth-order valence-corrected chi connectivity index (χ4v) is 6.47. The third kappa shape index (κ3) is 3.16. The van der Waals surface area contributed by atoms with Gasteiger partial charge in [0.15, 0.2) is 5.82 Å². The molecule has 1 saturated carbocycles. The molecule has 1 fully saturated rings. The van der Waals surface area contributed by atoms with Crippen LogP contribution in [-0.4, -0.2) is 40.9 Å². The Bertz CT molecular complexity index is 1770. The van der Waals surface area contributed by atoms with Crippen LogP contribution < -0.4 is 10.5 Å². The summed E-state index contributed by atoms with van der Waals surface area (Å²) in [7, 11) is 0. The highest BCUT2D eigenvalue weighted by Crippen LogP contribution is 2.52. The van der Waals surface area contributed by atoms with E-state index in [1.54, 1.807) is 12.1 Å². The Morgan fingerprint density at radius 3 is 2.59 bits per heavy atom. The van der Waals surface area contributed by atoms with E-state index in [1.165, 1.54) is 0 Å². The van der Waals surface area contributed by atoms with Gasteiger partial charge in [-0.15, -0.1) is 10.2 Å². The molecule has 0 unspecified atom stereocenters. The molecule has 0 amide bonds. The average molecular weight is 527 g/mol. The molecule has 0 spiro atoms. The Morgan fingerprint density at radius 1 is 1.03 bits per heavy atom. The van der Waals surface area contributed by atoms with Gasteiger partial charge in [0.05, 0.1) is 28.7 Å². The Labute approximate surface area is 221 Å². The minimum atomic E-state index is -2.95. The van der Waals surface area contributed by atoms with Crippen molar-refractivity contribution in [3.8, 4) is 28.3 Å². The van der Waals surface area contributed by atoms with Crippen molar-refractivity contribution < 1.29 is 13.5 Å². The summed E-state index contributed by atoms with van der Waals surface area (Å²) in [6.07, 6.45) is 7.15. The second-order valence-corrected chi connectivity index (χ2v) is 10.7. The minimum absolute atomic E-state index is 0.141. The third-order valence-electron chi connectivity index (χ3n) is 8.48. The Hall–Kier alpha value is -4.25. The Morgan fingerprint density at radius 2 is 1.85 bits per heavy atom. The van der Waals surface area contributed by atoms with Crippen LogP contribution in [0.2, 0.25) is 0 Å². The molecule has 0 saturated heterocycles. The quantitative estimate of drug-likeness (QED) is 0.355. The predicted molar refractivity (Wildman–Crippen MR) is 138 cm³/mol. The van der Waals surface area contributed by atoms with Crippen LogP contribution in [0.1, 0.15) is 60.8 Å². The van der Waals surface area contributed by atoms with Gasteiger partial charge in [-0.3, -0.25) is 0 Å². The summed E-state index contributed by atoms with van der Waals surface area (Å²) < 4.78 is 36.2. The van der Waals surface area contributed by atoms with Gasteiger partial charge in [0.25, 0.3) is 0 Å². The van der Waals surface area contributed by atoms with Crippen LogP contribution in [0.25, 0.3) is 33.5 Å². The number of nitrogens with zero attached hydrogens (tertiary/aromatic N) is 7. The molecule has 9 nitrogen and oxygen atoms in total. The topological polar surface area (TPSA) is 110 Å². The molecule has 5 heterocycles. The van der Waals surface area contributed by atoms with Gasteiger partial charge in [-0.2, -0.15) is 8.78 Å². The first-order valence-electron chi connectivity index (χ1n) is 13.0. The number of nitrogens with two attached hydrogens (primary N) is 1. The molecule has 2 bridgehead atoms. The number of fused-ring (bicyclic) bond motifs is 6. The number of aromatic nitrogens is 7. The van der Waals surface area contributed by atoms with E-state index < -0.39 is 12.2 Å². The lowest BCUT2D eigenvalue weighted by molar-refractivity contribution is -0.0506. The lowest BCUT2D eigenvalue weighted by atomic mass is 9.77. The molecule has 196 valence electrons. The van der Waals surface area contributed by atoms with Crippen LogP contribution >= 0.6 is 0 Å². The summed E-state index contributed by atoms with van der Waals surface area (Å²) >= 11 is 0. The number of aryl methyl sites for hydroxylation is 1. The second-order valence-electron chi connectivity index (χ2n) is 10.7. The lowest BCUT2D eigenvalue weighted by Crippen LogP contribution is -2.44. The van der Waals surface area contributed by atoms with Crippen LogP contribution in [0.4, 0.5) is 8.78 Å². The van der Waals surface area contributed by atoms with Crippen molar-refractivity contribution in [2.24, 2.45) is 5.73 Å². The van der Waals surface area contributed by atoms with Gasteiger partial charge in [-0.25, -0.2) is 15.0 Å². The largest absolute Gasteiger partial charge is 0.434 e. The number of imidazole rings is 1. The van der Waals surface area contributed by atoms with E-state index in [2.05, 4.69) is 35.4 Å². The molecule has 5 aromatic rings. The van der Waals surface area contributed by atoms with Gasteiger partial charge in [0, 0.05) is 35.5 Å². The van der Waals surface area contributed by atoms with E-state index in [1.807, 2.05) is 37.5 Å². The number of rotatable bonds is 4. The molecular weight excluding hydrogens is 502 g/mol. The normalized spacial score (nSPS) is 20.3. The molecule has 3 aliphatic rings. The molecule has 1 aliphatic carbocycles. The zero-order valence-corrected chi connectivity index (χ0v) is 21.1. The van der Waals surface area contributed by atoms with Gasteiger partial charge >= 0.3 is 6.61 Å². The van der Waals surface area contributed by atoms with Gasteiger partial charge < -0.3 is 19.6 Å². The molecule has 39 heavy (non-hydrogen) atoms. The van der Waals surface area contributed by atoms with Crippen LogP contribution in [0.15, 0.2) is 48.8 Å². The van der Waals surface area contributed by atoms with Crippen molar-refractivity contribution in [2.75, 3.05) is 0 Å². The molecule has 2 N–H and O–H groups in total. The molecule has 2 aliphatic heterocycles. The third-order valence-corrected chi connectivity index (χ3v) is 8.48. The zero-order valence-electron chi connectivity index (χ0n) is 21.1. The average Bonchev–Trinajstić information content (AvgIpc) is 3.55. The van der Waals surface area contributed by atoms with Crippen molar-refractivity contribution in [1.82, 2.24) is 34.3 Å². The first-order chi connectivity index (χ1) is 18.9. The monoisotopic (exact) mass is 526 g/mol. The molecule has 2 aromatic carbocycles. The summed E-state index contributed by atoms with van der Waals surface area (Å²) in [5.41, 5.74) is 10.9. The maximum absolute atomic E-state index is 13.5. The zero-order chi connectivity index (χ0) is 26.5. The Balaban J connectivity index is 1.31. The molecule has 11 heteroatoms. The van der Waals surface area contributed by atoms with E-state index in [0.717, 1.165) is 58.6 Å². The number of alkyl halides is 2. The number of hydrogen-bond donors (Lipinski definition) is 1. The summed E-state index contributed by atoms with van der Waals surface area (Å²) in [5, 5.41) is 8.75. The summed E-state index contributed by atoms with van der Waals surface area (Å²) in [5.74, 6) is 3.04. The van der Waals surface area contributed by atoms with Gasteiger partial charge in [0.2, 0.25) is 0 Å². The predicted octanol–water partition coefficient (Wildman–Crippen LogP) is 4.90. The number of benzene rings is 2. The van der Waals surface area contributed by atoms with Crippen molar-refractivity contribution in [3.63, 3.8) is 0 Å². The van der Waals surface area contributed by atoms with E-state index in [9.17, 15) is 8.78 Å². The second kappa shape index (κ2) is 7.89. The van der Waals surface area contributed by atoms with E-state index >= 15 is 0 Å². The highest BCUT2D eigenvalue weighted by molar-refractivity contribution is 5.84. The highest BCUT2D eigenvalue weighted by Gasteiger charge is 2.44. The van der Waals surface area contributed by atoms with Gasteiger partial charge in [0.1, 0.15) is 23.2 Å². The van der Waals surface area contributed by atoms with Crippen LogP contribution in [0.3, 0.4) is 0 Å². The number of halogens is 2. The fraction of sp³-hybridized carbons (Fsp3) is 0.321. The van der Waals surface area contributed by atoms with Crippen LogP contribution in [0.5, 0.6) is 5.75 Å². The minimum Gasteiger partial charge on any atom is -0.434 e. The molecule has 8 rings (SSSR count). The maximum atomic E-state index is 13.5. The number of ether oxygens (including phenoxy) is 1. The SMILES string of the molecule is Cc1nnc2n1[C@@H]1C[C@H](c3c(OC(F)F)cccc3-2)n2c1nc1ccc(-c3cnc(C4(N)CCC4)nc3)cc12. The standard InChI is InChI=1S/C28H24F2N8O/c1-14-35-36-24-17-4-2-5-22(39-27(29)30)23(17)20-11-21(37(14)24)25-34-18-7-6-15(10-19(18)38(20)25)16-12-32-26(33-13-16)28(31)8-3-9-28/h2,4-7,10,12-13,20-21,27H,3,8-9,11,31H2,1H3/t20-,21-/m1/s1. The molecular formula is C28H24F2N8O. The van der Waals surface area contributed by atoms with Crippen LogP contribution in [-0.2, 0) is 5.54 Å². The van der Waals surface area contributed by atoms with Gasteiger partial charge in [-0.1, -0.05) is 18.2 Å². The molecule has 2 atom stereocenters. The maximum Gasteiger partial charge on any atom is 0.387 e. The van der Waals surface area contributed by atoms with Crippen molar-refractivity contribution in [1.29, 1.82) is 0 Å². The first-order valence-corrected chi connectivity index (χ1v) is 13.0. The summed E-state index contributed by atoms with van der Waals surface area (Å²) in [4.78, 5) is 14.2. The van der Waals surface area contributed by atoms with Crippen molar-refractivity contribution >= 4 is 11.0 Å². The smallest absolute Gasteiger partial charge is 0.387 e. The Kier molecular flexibility index (Phi) is 4.59. The molecule has 3 aromatic heterocycles.